The molecule has 4 rings (SSSR count). The van der Waals surface area contributed by atoms with Crippen LogP contribution >= 0.6 is 12.6 Å². The number of carbonyl (C=O) groups is 1. The van der Waals surface area contributed by atoms with Crippen LogP contribution in [0.15, 0.2) is 60.7 Å². The zero-order valence-corrected chi connectivity index (χ0v) is 15.5. The number of hydrogen-bond acceptors (Lipinski definition) is 4. The summed E-state index contributed by atoms with van der Waals surface area (Å²) in [6, 6.07) is 19.2. The number of ether oxygens (including phenoxy) is 1. The van der Waals surface area contributed by atoms with E-state index >= 15 is 0 Å². The zero-order valence-electron chi connectivity index (χ0n) is 14.6. The highest BCUT2D eigenvalue weighted by atomic mass is 32.1. The zero-order chi connectivity index (χ0) is 18.5. The van der Waals surface area contributed by atoms with Gasteiger partial charge in [0, 0.05) is 28.4 Å². The lowest BCUT2D eigenvalue weighted by Crippen LogP contribution is -2.29. The standard InChI is InChI=1S/C22H19NO2S/c1-13-7-9-18-20(11-13)25-21-12-15(23)8-10-19(21)22(18,26)17-6-4-3-5-16(17)14(2)24/h3-12,26H,23H2,1-2H3. The fourth-order valence-corrected chi connectivity index (χ4v) is 4.16. The van der Waals surface area contributed by atoms with Gasteiger partial charge in [0.2, 0.25) is 0 Å². The lowest BCUT2D eigenvalue weighted by Gasteiger charge is -2.38. The van der Waals surface area contributed by atoms with Gasteiger partial charge < -0.3 is 10.5 Å². The second-order valence-corrected chi connectivity index (χ2v) is 7.34. The number of nitrogen functional groups attached to an aromatic ring is 1. The van der Waals surface area contributed by atoms with E-state index < -0.39 is 4.75 Å². The Balaban J connectivity index is 2.09. The molecule has 1 aliphatic rings. The minimum Gasteiger partial charge on any atom is -0.457 e. The molecule has 1 heterocycles. The summed E-state index contributed by atoms with van der Waals surface area (Å²) in [5.74, 6) is 1.40. The summed E-state index contributed by atoms with van der Waals surface area (Å²) in [4.78, 5) is 12.3. The third kappa shape index (κ3) is 2.41. The van der Waals surface area contributed by atoms with Gasteiger partial charge in [-0.1, -0.05) is 42.5 Å². The Hall–Kier alpha value is -2.72. The highest BCUT2D eigenvalue weighted by Crippen LogP contribution is 2.55. The number of nitrogens with two attached hydrogens (primary N) is 1. The predicted molar refractivity (Wildman–Crippen MR) is 107 cm³/mol. The molecule has 26 heavy (non-hydrogen) atoms. The highest BCUT2D eigenvalue weighted by molar-refractivity contribution is 7.81. The molecule has 2 N–H and O–H groups in total. The van der Waals surface area contributed by atoms with Gasteiger partial charge in [-0.15, -0.1) is 0 Å². The molecule has 3 aromatic carbocycles. The average molecular weight is 361 g/mol. The van der Waals surface area contributed by atoms with Crippen molar-refractivity contribution in [3.8, 4) is 11.5 Å². The van der Waals surface area contributed by atoms with E-state index in [9.17, 15) is 4.79 Å². The summed E-state index contributed by atoms with van der Waals surface area (Å²) in [5, 5.41) is 0. The molecule has 4 heteroatoms. The van der Waals surface area contributed by atoms with Crippen molar-refractivity contribution in [2.24, 2.45) is 0 Å². The second kappa shape index (κ2) is 5.92. The minimum absolute atomic E-state index is 0.00572. The van der Waals surface area contributed by atoms with Crippen LogP contribution < -0.4 is 10.5 Å². The first-order valence-corrected chi connectivity index (χ1v) is 8.88. The fourth-order valence-electron chi connectivity index (χ4n) is 3.59. The quantitative estimate of drug-likeness (QED) is 0.379. The average Bonchev–Trinajstić information content (AvgIpc) is 2.61. The van der Waals surface area contributed by atoms with Gasteiger partial charge >= 0.3 is 0 Å². The number of carbonyl (C=O) groups excluding carboxylic acids is 1. The molecule has 1 unspecified atom stereocenters. The highest BCUT2D eigenvalue weighted by Gasteiger charge is 2.42. The Morgan fingerprint density at radius 1 is 0.962 bits per heavy atom. The molecule has 1 atom stereocenters. The van der Waals surface area contributed by atoms with Crippen LogP contribution in [0.3, 0.4) is 0 Å². The van der Waals surface area contributed by atoms with Gasteiger partial charge in [0.05, 0.1) is 4.75 Å². The predicted octanol–water partition coefficient (Wildman–Crippen LogP) is 5.11. The monoisotopic (exact) mass is 361 g/mol. The molecule has 0 spiro atoms. The van der Waals surface area contributed by atoms with Crippen molar-refractivity contribution in [3.63, 3.8) is 0 Å². The van der Waals surface area contributed by atoms with Crippen LogP contribution in [0.5, 0.6) is 11.5 Å². The summed E-state index contributed by atoms with van der Waals surface area (Å²) in [7, 11) is 0. The van der Waals surface area contributed by atoms with Gasteiger partial charge in [-0.2, -0.15) is 12.6 Å². The van der Waals surface area contributed by atoms with Crippen molar-refractivity contribution >= 4 is 24.1 Å². The fraction of sp³-hybridized carbons (Fsp3) is 0.136. The number of thiol groups is 1. The maximum absolute atomic E-state index is 12.3. The van der Waals surface area contributed by atoms with E-state index in [1.807, 2.05) is 67.6 Å². The van der Waals surface area contributed by atoms with Crippen LogP contribution in [0, 0.1) is 6.92 Å². The van der Waals surface area contributed by atoms with Crippen molar-refractivity contribution in [1.82, 2.24) is 0 Å². The van der Waals surface area contributed by atoms with Crippen LogP contribution in [0.4, 0.5) is 5.69 Å². The number of rotatable bonds is 2. The van der Waals surface area contributed by atoms with E-state index in [1.165, 1.54) is 0 Å². The van der Waals surface area contributed by atoms with E-state index in [0.29, 0.717) is 17.0 Å². The Kier molecular flexibility index (Phi) is 3.81. The molecule has 0 saturated carbocycles. The molecule has 3 aromatic rings. The molecule has 0 bridgehead atoms. The van der Waals surface area contributed by atoms with E-state index in [1.54, 1.807) is 6.92 Å². The summed E-state index contributed by atoms with van der Waals surface area (Å²) in [6.45, 7) is 3.59. The molecule has 0 saturated heterocycles. The van der Waals surface area contributed by atoms with Gasteiger partial charge in [0.1, 0.15) is 11.5 Å². The first-order valence-electron chi connectivity index (χ1n) is 8.43. The van der Waals surface area contributed by atoms with Gasteiger partial charge in [0.15, 0.2) is 5.78 Å². The number of aryl methyl sites for hydroxylation is 1. The Bertz CT molecular complexity index is 991. The number of hydrogen-bond donors (Lipinski definition) is 2. The molecule has 0 aliphatic carbocycles. The van der Waals surface area contributed by atoms with Crippen LogP contribution in [0.25, 0.3) is 0 Å². The first kappa shape index (κ1) is 16.7. The maximum Gasteiger partial charge on any atom is 0.160 e. The van der Waals surface area contributed by atoms with E-state index in [0.717, 1.165) is 28.0 Å². The normalized spacial score (nSPS) is 17.8. The molecular weight excluding hydrogens is 342 g/mol. The molecular formula is C22H19NO2S. The first-order chi connectivity index (χ1) is 12.4. The van der Waals surface area contributed by atoms with E-state index in [-0.39, 0.29) is 5.78 Å². The van der Waals surface area contributed by atoms with Gasteiger partial charge in [-0.25, -0.2) is 0 Å². The SMILES string of the molecule is CC(=O)c1ccccc1C1(S)c2ccc(C)cc2Oc2cc(N)ccc21. The topological polar surface area (TPSA) is 52.3 Å². The maximum atomic E-state index is 12.3. The number of fused-ring (bicyclic) bond motifs is 2. The van der Waals surface area contributed by atoms with Crippen molar-refractivity contribution < 1.29 is 9.53 Å². The number of benzene rings is 3. The molecule has 0 fully saturated rings. The summed E-state index contributed by atoms with van der Waals surface area (Å²) < 4.78 is 5.33. The lowest BCUT2D eigenvalue weighted by atomic mass is 9.78. The van der Waals surface area contributed by atoms with Crippen LogP contribution in [-0.2, 0) is 4.75 Å². The lowest BCUT2D eigenvalue weighted by molar-refractivity contribution is 0.101. The second-order valence-electron chi connectivity index (χ2n) is 6.67. The van der Waals surface area contributed by atoms with E-state index in [4.69, 9.17) is 23.1 Å². The molecule has 0 amide bonds. The van der Waals surface area contributed by atoms with Crippen molar-refractivity contribution in [3.05, 3.63) is 88.5 Å². The molecule has 1 aliphatic heterocycles. The Labute approximate surface area is 158 Å². The molecule has 0 radical (unpaired) electrons. The third-order valence-electron chi connectivity index (χ3n) is 4.84. The largest absolute Gasteiger partial charge is 0.457 e. The van der Waals surface area contributed by atoms with Crippen molar-refractivity contribution in [2.75, 3.05) is 5.73 Å². The molecule has 130 valence electrons. The van der Waals surface area contributed by atoms with Crippen LogP contribution in [0.1, 0.15) is 39.5 Å². The van der Waals surface area contributed by atoms with Gasteiger partial charge in [0.25, 0.3) is 0 Å². The summed E-state index contributed by atoms with van der Waals surface area (Å²) >= 11 is 5.16. The van der Waals surface area contributed by atoms with Gasteiger partial charge in [-0.05, 0) is 37.1 Å². The third-order valence-corrected chi connectivity index (χ3v) is 5.56. The van der Waals surface area contributed by atoms with Crippen molar-refractivity contribution in [2.45, 2.75) is 18.6 Å². The van der Waals surface area contributed by atoms with Crippen molar-refractivity contribution in [1.29, 1.82) is 0 Å². The smallest absolute Gasteiger partial charge is 0.160 e. The number of anilines is 1. The minimum atomic E-state index is -0.813. The number of ketones is 1. The van der Waals surface area contributed by atoms with E-state index in [2.05, 4.69) is 0 Å². The Morgan fingerprint density at radius 2 is 1.62 bits per heavy atom. The molecule has 3 nitrogen and oxygen atoms in total. The Morgan fingerprint density at radius 3 is 2.35 bits per heavy atom. The van der Waals surface area contributed by atoms with Gasteiger partial charge in [-0.3, -0.25) is 4.79 Å². The van der Waals surface area contributed by atoms with Crippen LogP contribution in [0.2, 0.25) is 0 Å². The van der Waals surface area contributed by atoms with Crippen LogP contribution in [-0.4, -0.2) is 5.78 Å². The summed E-state index contributed by atoms with van der Waals surface area (Å²) in [5.41, 5.74) is 11.0. The summed E-state index contributed by atoms with van der Waals surface area (Å²) in [6.07, 6.45) is 0. The number of Topliss-reactive ketones (excluding diaryl/α,β-unsaturated/α-hetero) is 1. The molecule has 0 aromatic heterocycles.